The van der Waals surface area contributed by atoms with E-state index in [1.165, 1.54) is 6.20 Å². The molecule has 118 valence electrons. The number of aliphatic hydroxyl groups excluding tert-OH is 2. The summed E-state index contributed by atoms with van der Waals surface area (Å²) < 4.78 is 5.03. The molecule has 1 rings (SSSR count). The monoisotopic (exact) mass is 297 g/mol. The van der Waals surface area contributed by atoms with Gasteiger partial charge in [0.1, 0.15) is 17.8 Å². The molecule has 0 spiro atoms. The first kappa shape index (κ1) is 17.2. The van der Waals surface area contributed by atoms with Gasteiger partial charge in [-0.05, 0) is 39.3 Å². The molecule has 1 aromatic heterocycles. The van der Waals surface area contributed by atoms with Gasteiger partial charge in [-0.2, -0.15) is 0 Å². The van der Waals surface area contributed by atoms with Gasteiger partial charge in [-0.15, -0.1) is 0 Å². The van der Waals surface area contributed by atoms with Crippen molar-refractivity contribution in [2.75, 3.05) is 12.3 Å². The Morgan fingerprint density at radius 1 is 1.48 bits per heavy atom. The largest absolute Gasteiger partial charge is 0.444 e. The van der Waals surface area contributed by atoms with Crippen LogP contribution in [0.4, 0.5) is 10.5 Å². The second kappa shape index (κ2) is 6.73. The lowest BCUT2D eigenvalue weighted by Crippen LogP contribution is -2.39. The number of alkyl carbamates (subject to hydrolysis) is 1. The first-order valence-electron chi connectivity index (χ1n) is 6.65. The number of rotatable bonds is 4. The summed E-state index contributed by atoms with van der Waals surface area (Å²) in [5.74, 6) is 0. The SMILES string of the molecule is Cc1cc(C(O)C(O)CNC(=O)OC(C)(C)C)ncc1N. The molecule has 0 fully saturated rings. The highest BCUT2D eigenvalue weighted by Crippen LogP contribution is 2.18. The number of hydrogen-bond donors (Lipinski definition) is 4. The van der Waals surface area contributed by atoms with Crippen molar-refractivity contribution >= 4 is 11.8 Å². The maximum absolute atomic E-state index is 11.5. The number of nitrogens with zero attached hydrogens (tertiary/aromatic N) is 1. The number of ether oxygens (including phenoxy) is 1. The minimum Gasteiger partial charge on any atom is -0.444 e. The minimum absolute atomic E-state index is 0.152. The first-order chi connectivity index (χ1) is 9.60. The van der Waals surface area contributed by atoms with Gasteiger partial charge in [0.25, 0.3) is 0 Å². The predicted molar refractivity (Wildman–Crippen MR) is 78.6 cm³/mol. The zero-order chi connectivity index (χ0) is 16.2. The van der Waals surface area contributed by atoms with Gasteiger partial charge in [-0.3, -0.25) is 4.98 Å². The molecule has 5 N–H and O–H groups in total. The number of carbonyl (C=O) groups is 1. The lowest BCUT2D eigenvalue weighted by atomic mass is 10.1. The molecule has 0 bridgehead atoms. The van der Waals surface area contributed by atoms with Crippen LogP contribution in [0.25, 0.3) is 0 Å². The van der Waals surface area contributed by atoms with E-state index in [0.29, 0.717) is 11.4 Å². The number of nitrogens with two attached hydrogens (primary N) is 1. The molecule has 2 atom stereocenters. The third-order valence-electron chi connectivity index (χ3n) is 2.69. The first-order valence-corrected chi connectivity index (χ1v) is 6.65. The third kappa shape index (κ3) is 5.57. The molecule has 21 heavy (non-hydrogen) atoms. The van der Waals surface area contributed by atoms with Gasteiger partial charge in [0.2, 0.25) is 0 Å². The van der Waals surface area contributed by atoms with Crippen molar-refractivity contribution < 1.29 is 19.7 Å². The Hall–Kier alpha value is -1.86. The molecule has 0 aromatic carbocycles. The topological polar surface area (TPSA) is 118 Å². The van der Waals surface area contributed by atoms with E-state index in [1.54, 1.807) is 33.8 Å². The summed E-state index contributed by atoms with van der Waals surface area (Å²) in [4.78, 5) is 15.4. The molecular formula is C14H23N3O4. The average molecular weight is 297 g/mol. The Labute approximate surface area is 124 Å². The number of nitrogen functional groups attached to an aromatic ring is 1. The van der Waals surface area contributed by atoms with Crippen LogP contribution in [0.5, 0.6) is 0 Å². The quantitative estimate of drug-likeness (QED) is 0.655. The van der Waals surface area contributed by atoms with Crippen LogP contribution in [0.15, 0.2) is 12.3 Å². The van der Waals surface area contributed by atoms with E-state index in [9.17, 15) is 15.0 Å². The van der Waals surface area contributed by atoms with Crippen LogP contribution in [-0.2, 0) is 4.74 Å². The molecule has 7 nitrogen and oxygen atoms in total. The molecule has 0 aliphatic carbocycles. The smallest absolute Gasteiger partial charge is 0.407 e. The summed E-state index contributed by atoms with van der Waals surface area (Å²) in [5.41, 5.74) is 6.57. The molecule has 0 aliphatic heterocycles. The third-order valence-corrected chi connectivity index (χ3v) is 2.69. The maximum Gasteiger partial charge on any atom is 0.407 e. The van der Waals surface area contributed by atoms with Crippen molar-refractivity contribution in [2.45, 2.75) is 45.5 Å². The molecule has 1 heterocycles. The van der Waals surface area contributed by atoms with Gasteiger partial charge >= 0.3 is 6.09 Å². The minimum atomic E-state index is -1.22. The van der Waals surface area contributed by atoms with Gasteiger partial charge < -0.3 is 26.0 Å². The number of nitrogens with one attached hydrogen (secondary N) is 1. The van der Waals surface area contributed by atoms with Crippen molar-refractivity contribution in [3.05, 3.63) is 23.5 Å². The van der Waals surface area contributed by atoms with Crippen LogP contribution in [0.1, 0.15) is 38.1 Å². The van der Waals surface area contributed by atoms with Crippen molar-refractivity contribution in [2.24, 2.45) is 0 Å². The van der Waals surface area contributed by atoms with Crippen LogP contribution in [0, 0.1) is 6.92 Å². The summed E-state index contributed by atoms with van der Waals surface area (Å²) in [7, 11) is 0. The van der Waals surface area contributed by atoms with Crippen molar-refractivity contribution in [1.29, 1.82) is 0 Å². The lowest BCUT2D eigenvalue weighted by Gasteiger charge is -2.22. The van der Waals surface area contributed by atoms with Gasteiger partial charge in [-0.1, -0.05) is 0 Å². The van der Waals surface area contributed by atoms with Crippen molar-refractivity contribution in [3.63, 3.8) is 0 Å². The number of carbonyl (C=O) groups excluding carboxylic acids is 1. The van der Waals surface area contributed by atoms with E-state index in [2.05, 4.69) is 10.3 Å². The summed E-state index contributed by atoms with van der Waals surface area (Å²) in [6, 6.07) is 1.59. The van der Waals surface area contributed by atoms with Crippen LogP contribution in [0.2, 0.25) is 0 Å². The number of aromatic nitrogens is 1. The molecule has 2 unspecified atom stereocenters. The fourth-order valence-corrected chi connectivity index (χ4v) is 1.56. The van der Waals surface area contributed by atoms with Crippen LogP contribution in [-0.4, -0.2) is 39.5 Å². The Kier molecular flexibility index (Phi) is 5.51. The average Bonchev–Trinajstić information content (AvgIpc) is 2.36. The van der Waals surface area contributed by atoms with Crippen molar-refractivity contribution in [1.82, 2.24) is 10.3 Å². The number of hydrogen-bond acceptors (Lipinski definition) is 6. The summed E-state index contributed by atoms with van der Waals surface area (Å²) in [6.45, 7) is 6.83. The van der Waals surface area contributed by atoms with E-state index in [0.717, 1.165) is 5.56 Å². The summed E-state index contributed by atoms with van der Waals surface area (Å²) in [5, 5.41) is 22.3. The molecule has 0 radical (unpaired) electrons. The summed E-state index contributed by atoms with van der Waals surface area (Å²) in [6.07, 6.45) is -1.66. The summed E-state index contributed by atoms with van der Waals surface area (Å²) >= 11 is 0. The molecule has 0 aliphatic rings. The highest BCUT2D eigenvalue weighted by atomic mass is 16.6. The van der Waals surface area contributed by atoms with Gasteiger partial charge in [0.15, 0.2) is 0 Å². The second-order valence-electron chi connectivity index (χ2n) is 5.86. The Balaban J connectivity index is 2.56. The second-order valence-corrected chi connectivity index (χ2v) is 5.86. The van der Waals surface area contributed by atoms with E-state index >= 15 is 0 Å². The molecule has 7 heteroatoms. The Morgan fingerprint density at radius 3 is 2.62 bits per heavy atom. The molecule has 1 amide bonds. The Morgan fingerprint density at radius 2 is 2.10 bits per heavy atom. The van der Waals surface area contributed by atoms with E-state index < -0.39 is 23.9 Å². The standard InChI is InChI=1S/C14H23N3O4/c1-8-5-10(16-6-9(8)15)12(19)11(18)7-17-13(20)21-14(2,3)4/h5-6,11-12,18-19H,7,15H2,1-4H3,(H,17,20). The van der Waals surface area contributed by atoms with Gasteiger partial charge in [0.05, 0.1) is 17.6 Å². The lowest BCUT2D eigenvalue weighted by molar-refractivity contribution is 0.0108. The van der Waals surface area contributed by atoms with Crippen LogP contribution < -0.4 is 11.1 Å². The van der Waals surface area contributed by atoms with Crippen molar-refractivity contribution in [3.8, 4) is 0 Å². The Bertz CT molecular complexity index is 499. The normalized spacial score (nSPS) is 14.4. The number of amides is 1. The fraction of sp³-hybridized carbons (Fsp3) is 0.571. The van der Waals surface area contributed by atoms with Crippen LogP contribution in [0.3, 0.4) is 0 Å². The number of aryl methyl sites for hydroxylation is 1. The highest BCUT2D eigenvalue weighted by molar-refractivity contribution is 5.67. The molecule has 0 saturated heterocycles. The van der Waals surface area contributed by atoms with E-state index in [4.69, 9.17) is 10.5 Å². The van der Waals surface area contributed by atoms with E-state index in [1.807, 2.05) is 0 Å². The zero-order valence-electron chi connectivity index (χ0n) is 12.8. The zero-order valence-corrected chi connectivity index (χ0v) is 12.8. The van der Waals surface area contributed by atoms with Gasteiger partial charge in [-0.25, -0.2) is 4.79 Å². The van der Waals surface area contributed by atoms with Crippen LogP contribution >= 0.6 is 0 Å². The molecular weight excluding hydrogens is 274 g/mol. The number of aliphatic hydroxyl groups is 2. The molecule has 1 aromatic rings. The van der Waals surface area contributed by atoms with E-state index in [-0.39, 0.29) is 6.54 Å². The van der Waals surface area contributed by atoms with Gasteiger partial charge in [0, 0.05) is 6.54 Å². The maximum atomic E-state index is 11.5. The highest BCUT2D eigenvalue weighted by Gasteiger charge is 2.22. The molecule has 0 saturated carbocycles. The fourth-order valence-electron chi connectivity index (χ4n) is 1.56. The predicted octanol–water partition coefficient (Wildman–Crippen LogP) is 0.891. The number of pyridine rings is 1. The number of anilines is 1.